The molecule has 0 unspecified atom stereocenters. The van der Waals surface area contributed by atoms with Crippen LogP contribution >= 0.6 is 0 Å². The van der Waals surface area contributed by atoms with Crippen LogP contribution in [0.15, 0.2) is 24.3 Å². The van der Waals surface area contributed by atoms with E-state index in [1.165, 1.54) is 12.1 Å². The smallest absolute Gasteiger partial charge is 0.173 e. The van der Waals surface area contributed by atoms with Gasteiger partial charge in [-0.15, -0.1) is 5.10 Å². The van der Waals surface area contributed by atoms with E-state index in [1.807, 2.05) is 16.8 Å². The normalized spacial score (nSPS) is 18.0. The Kier molecular flexibility index (Phi) is 5.75. The molecule has 1 aliphatic heterocycles. The van der Waals surface area contributed by atoms with Gasteiger partial charge in [0.15, 0.2) is 5.82 Å². The van der Waals surface area contributed by atoms with Crippen molar-refractivity contribution in [3.05, 3.63) is 41.5 Å². The summed E-state index contributed by atoms with van der Waals surface area (Å²) in [6.07, 6.45) is 1.02. The van der Waals surface area contributed by atoms with Crippen molar-refractivity contribution >= 4 is 0 Å². The van der Waals surface area contributed by atoms with Crippen LogP contribution in [0, 0.1) is 11.7 Å². The predicted octanol–water partition coefficient (Wildman–Crippen LogP) is 2.20. The van der Waals surface area contributed by atoms with Crippen LogP contribution in [-0.4, -0.2) is 63.2 Å². The molecule has 1 aromatic heterocycles. The fraction of sp³-hybridized carbons (Fsp3) is 0.611. The minimum atomic E-state index is -0.222. The Hall–Kier alpha value is -1.86. The van der Waals surface area contributed by atoms with Gasteiger partial charge < -0.3 is 4.90 Å². The Balaban J connectivity index is 1.91. The molecule has 1 atom stereocenters. The zero-order valence-electron chi connectivity index (χ0n) is 15.3. The van der Waals surface area contributed by atoms with E-state index in [1.54, 1.807) is 0 Å². The highest BCUT2D eigenvalue weighted by Gasteiger charge is 2.29. The maximum atomic E-state index is 13.4. The Morgan fingerprint density at radius 1 is 1.08 bits per heavy atom. The first kappa shape index (κ1) is 17.9. The van der Waals surface area contributed by atoms with Gasteiger partial charge >= 0.3 is 0 Å². The van der Waals surface area contributed by atoms with Crippen molar-refractivity contribution in [2.75, 3.05) is 33.2 Å². The third kappa shape index (κ3) is 4.41. The van der Waals surface area contributed by atoms with Crippen LogP contribution in [0.2, 0.25) is 0 Å². The Morgan fingerprint density at radius 2 is 1.76 bits per heavy atom. The van der Waals surface area contributed by atoms with Gasteiger partial charge in [-0.2, -0.15) is 0 Å². The number of nitrogens with zero attached hydrogens (tertiary/aromatic N) is 6. The lowest BCUT2D eigenvalue weighted by atomic mass is 10.0. The van der Waals surface area contributed by atoms with E-state index >= 15 is 0 Å². The summed E-state index contributed by atoms with van der Waals surface area (Å²) in [5.74, 6) is 1.21. The summed E-state index contributed by atoms with van der Waals surface area (Å²) >= 11 is 0. The van der Waals surface area contributed by atoms with Crippen LogP contribution in [0.1, 0.15) is 37.7 Å². The van der Waals surface area contributed by atoms with Crippen molar-refractivity contribution in [3.8, 4) is 0 Å². The van der Waals surface area contributed by atoms with E-state index in [9.17, 15) is 4.39 Å². The van der Waals surface area contributed by atoms with Crippen molar-refractivity contribution in [2.24, 2.45) is 5.92 Å². The number of halogens is 1. The Labute approximate surface area is 148 Å². The highest BCUT2D eigenvalue weighted by atomic mass is 19.1. The maximum Gasteiger partial charge on any atom is 0.173 e. The predicted molar refractivity (Wildman–Crippen MR) is 94.6 cm³/mol. The quantitative estimate of drug-likeness (QED) is 0.802. The second-order valence-electron chi connectivity index (χ2n) is 7.24. The Morgan fingerprint density at radius 3 is 2.40 bits per heavy atom. The lowest BCUT2D eigenvalue weighted by Crippen LogP contribution is -2.46. The summed E-state index contributed by atoms with van der Waals surface area (Å²) in [4.78, 5) is 4.71. The summed E-state index contributed by atoms with van der Waals surface area (Å²) in [6, 6.07) is 6.68. The number of rotatable bonds is 6. The zero-order valence-corrected chi connectivity index (χ0v) is 15.3. The summed E-state index contributed by atoms with van der Waals surface area (Å²) < 4.78 is 15.3. The van der Waals surface area contributed by atoms with Crippen molar-refractivity contribution in [1.29, 1.82) is 0 Å². The fourth-order valence-corrected chi connectivity index (χ4v) is 3.20. The third-order valence-electron chi connectivity index (χ3n) is 4.81. The molecule has 6 nitrogen and oxygen atoms in total. The molecular formula is C18H27FN6. The molecule has 0 N–H and O–H groups in total. The van der Waals surface area contributed by atoms with Crippen LogP contribution in [0.25, 0.3) is 0 Å². The summed E-state index contributed by atoms with van der Waals surface area (Å²) in [7, 11) is 2.14. The molecule has 1 aromatic carbocycles. The molecular weight excluding hydrogens is 319 g/mol. The first-order valence-corrected chi connectivity index (χ1v) is 8.98. The summed E-state index contributed by atoms with van der Waals surface area (Å²) in [5, 5.41) is 12.5. The first-order valence-electron chi connectivity index (χ1n) is 8.98. The minimum absolute atomic E-state index is 0.0449. The van der Waals surface area contributed by atoms with Gasteiger partial charge in [0.25, 0.3) is 0 Å². The SMILES string of the molecule is CC(C)CCn1nnnc1[C@H](c1ccc(F)cc1)N1CCN(C)CC1. The van der Waals surface area contributed by atoms with E-state index < -0.39 is 0 Å². The molecule has 1 aliphatic rings. The van der Waals surface area contributed by atoms with Crippen molar-refractivity contribution < 1.29 is 4.39 Å². The molecule has 1 saturated heterocycles. The minimum Gasteiger partial charge on any atom is -0.304 e. The van der Waals surface area contributed by atoms with Crippen molar-refractivity contribution in [3.63, 3.8) is 0 Å². The average Bonchev–Trinajstić information content (AvgIpc) is 3.05. The highest BCUT2D eigenvalue weighted by molar-refractivity contribution is 5.25. The molecule has 0 spiro atoms. The molecule has 3 rings (SSSR count). The average molecular weight is 346 g/mol. The zero-order chi connectivity index (χ0) is 17.8. The van der Waals surface area contributed by atoms with Crippen LogP contribution in [0.5, 0.6) is 0 Å². The van der Waals surface area contributed by atoms with Gasteiger partial charge in [-0.05, 0) is 47.5 Å². The molecule has 0 aliphatic carbocycles. The number of piperazine rings is 1. The second kappa shape index (κ2) is 8.01. The third-order valence-corrected chi connectivity index (χ3v) is 4.81. The van der Waals surface area contributed by atoms with E-state index in [-0.39, 0.29) is 11.9 Å². The van der Waals surface area contributed by atoms with Gasteiger partial charge in [-0.25, -0.2) is 9.07 Å². The van der Waals surface area contributed by atoms with E-state index in [2.05, 4.69) is 46.2 Å². The fourth-order valence-electron chi connectivity index (χ4n) is 3.20. The van der Waals surface area contributed by atoms with Gasteiger partial charge in [0.2, 0.25) is 0 Å². The molecule has 25 heavy (non-hydrogen) atoms. The Bertz CT molecular complexity index is 660. The molecule has 2 aromatic rings. The van der Waals surface area contributed by atoms with Crippen molar-refractivity contribution in [1.82, 2.24) is 30.0 Å². The number of tetrazole rings is 1. The van der Waals surface area contributed by atoms with Crippen LogP contribution in [0.4, 0.5) is 4.39 Å². The number of benzene rings is 1. The highest BCUT2D eigenvalue weighted by Crippen LogP contribution is 2.28. The number of hydrogen-bond acceptors (Lipinski definition) is 5. The van der Waals surface area contributed by atoms with Gasteiger partial charge in [-0.3, -0.25) is 4.90 Å². The number of hydrogen-bond donors (Lipinski definition) is 0. The molecule has 136 valence electrons. The molecule has 7 heteroatoms. The van der Waals surface area contributed by atoms with Gasteiger partial charge in [0.1, 0.15) is 5.82 Å². The van der Waals surface area contributed by atoms with Gasteiger partial charge in [-0.1, -0.05) is 26.0 Å². The molecule has 0 amide bonds. The lowest BCUT2D eigenvalue weighted by Gasteiger charge is -2.37. The van der Waals surface area contributed by atoms with E-state index in [0.29, 0.717) is 5.92 Å². The van der Waals surface area contributed by atoms with E-state index in [4.69, 9.17) is 0 Å². The summed E-state index contributed by atoms with van der Waals surface area (Å²) in [5.41, 5.74) is 1.03. The molecule has 0 radical (unpaired) electrons. The van der Waals surface area contributed by atoms with Gasteiger partial charge in [0.05, 0.1) is 6.04 Å². The largest absolute Gasteiger partial charge is 0.304 e. The molecule has 2 heterocycles. The van der Waals surface area contributed by atoms with E-state index in [0.717, 1.165) is 50.5 Å². The second-order valence-corrected chi connectivity index (χ2v) is 7.24. The van der Waals surface area contributed by atoms with Crippen LogP contribution < -0.4 is 0 Å². The first-order chi connectivity index (χ1) is 12.0. The topological polar surface area (TPSA) is 50.1 Å². The maximum absolute atomic E-state index is 13.4. The number of aryl methyl sites for hydroxylation is 1. The number of likely N-dealkylation sites (N-methyl/N-ethyl adjacent to an activating group) is 1. The van der Waals surface area contributed by atoms with Crippen LogP contribution in [-0.2, 0) is 6.54 Å². The number of aromatic nitrogens is 4. The molecule has 0 bridgehead atoms. The molecule has 1 fully saturated rings. The van der Waals surface area contributed by atoms with Crippen LogP contribution in [0.3, 0.4) is 0 Å². The molecule has 0 saturated carbocycles. The van der Waals surface area contributed by atoms with Gasteiger partial charge in [0, 0.05) is 32.7 Å². The lowest BCUT2D eigenvalue weighted by molar-refractivity contribution is 0.121. The standard InChI is InChI=1S/C18H27FN6/c1-14(2)8-9-25-18(20-21-22-25)17(15-4-6-16(19)7-5-15)24-12-10-23(3)11-13-24/h4-7,14,17H,8-13H2,1-3H3/t17-/m0/s1. The monoisotopic (exact) mass is 346 g/mol. The summed E-state index contributed by atoms with van der Waals surface area (Å²) in [6.45, 7) is 9.08. The van der Waals surface area contributed by atoms with Crippen molar-refractivity contribution in [2.45, 2.75) is 32.9 Å².